The molecule has 2 N–H and O–H groups in total. The first-order valence-electron chi connectivity index (χ1n) is 11.6. The fourth-order valence-electron chi connectivity index (χ4n) is 3.82. The van der Waals surface area contributed by atoms with Gasteiger partial charge in [0.1, 0.15) is 11.2 Å². The predicted octanol–water partition coefficient (Wildman–Crippen LogP) is 5.19. The molecule has 4 atom stereocenters. The van der Waals surface area contributed by atoms with Crippen molar-refractivity contribution in [2.45, 2.75) is 116 Å². The van der Waals surface area contributed by atoms with Gasteiger partial charge in [-0.1, -0.05) is 12.8 Å². The molecule has 0 aromatic rings. The summed E-state index contributed by atoms with van der Waals surface area (Å²) < 4.78 is 10.4. The highest BCUT2D eigenvalue weighted by Crippen LogP contribution is 2.24. The van der Waals surface area contributed by atoms with Crippen molar-refractivity contribution in [2.24, 2.45) is 11.8 Å². The lowest BCUT2D eigenvalue weighted by Gasteiger charge is -2.27. The predicted molar refractivity (Wildman–Crippen MR) is 121 cm³/mol. The minimum absolute atomic E-state index is 0.0775. The van der Waals surface area contributed by atoms with Gasteiger partial charge >= 0.3 is 12.2 Å². The minimum Gasteiger partial charge on any atom is -0.444 e. The molecule has 0 saturated heterocycles. The lowest BCUT2D eigenvalue weighted by Crippen LogP contribution is -2.41. The quantitative estimate of drug-likeness (QED) is 0.599. The molecule has 0 spiro atoms. The Morgan fingerprint density at radius 1 is 0.719 bits per heavy atom. The molecule has 8 heteroatoms. The third kappa shape index (κ3) is 12.4. The van der Waals surface area contributed by atoms with Crippen LogP contribution in [-0.2, 0) is 9.47 Å². The molecular weight excluding hydrogens is 408 g/mol. The fraction of sp³-hybridized carbons (Fsp3) is 0.833. The Balaban J connectivity index is 0.000000320. The van der Waals surface area contributed by atoms with Crippen LogP contribution in [0.2, 0.25) is 0 Å². The number of hydrogen-bond donors (Lipinski definition) is 2. The van der Waals surface area contributed by atoms with E-state index in [1.807, 2.05) is 41.5 Å². The summed E-state index contributed by atoms with van der Waals surface area (Å²) in [5.41, 5.74) is -0.930. The number of rotatable bonds is 2. The lowest BCUT2D eigenvalue weighted by molar-refractivity contribution is 0.0477. The van der Waals surface area contributed by atoms with Crippen LogP contribution in [0.25, 0.3) is 0 Å². The first-order chi connectivity index (χ1) is 14.8. The zero-order valence-corrected chi connectivity index (χ0v) is 20.5. The van der Waals surface area contributed by atoms with Crippen LogP contribution in [0.5, 0.6) is 0 Å². The normalized spacial score (nSPS) is 25.6. The van der Waals surface area contributed by atoms with E-state index in [0.717, 1.165) is 51.4 Å². The van der Waals surface area contributed by atoms with Gasteiger partial charge in [-0.05, 0) is 80.1 Å². The van der Waals surface area contributed by atoms with E-state index in [4.69, 9.17) is 20.0 Å². The van der Waals surface area contributed by atoms with Gasteiger partial charge < -0.3 is 20.1 Å². The molecule has 0 aliphatic heterocycles. The largest absolute Gasteiger partial charge is 0.444 e. The Hall–Kier alpha value is -2.48. The molecule has 32 heavy (non-hydrogen) atoms. The van der Waals surface area contributed by atoms with Gasteiger partial charge in [0, 0.05) is 23.9 Å². The molecular formula is C24H40N4O4. The van der Waals surface area contributed by atoms with Gasteiger partial charge in [-0.15, -0.1) is 0 Å². The standard InChI is InChI=1S/2C12H20N2O2/c2*1-12(2,3)16-11(15)14-10-6-4-5-9(7-10)8-13/h2*9-10H,4-7H2,1-3H3,(H,14,15)/t2*9-,10-/m10/s1. The molecule has 180 valence electrons. The topological polar surface area (TPSA) is 124 Å². The average molecular weight is 449 g/mol. The monoisotopic (exact) mass is 448 g/mol. The summed E-state index contributed by atoms with van der Waals surface area (Å²) in [5, 5.41) is 23.3. The van der Waals surface area contributed by atoms with Gasteiger partial charge in [0.15, 0.2) is 0 Å². The smallest absolute Gasteiger partial charge is 0.407 e. The Bertz CT molecular complexity index is 637. The summed E-state index contributed by atoms with van der Waals surface area (Å²) in [6, 6.07) is 4.71. The van der Waals surface area contributed by atoms with Crippen LogP contribution in [0.4, 0.5) is 9.59 Å². The van der Waals surface area contributed by atoms with Crippen molar-refractivity contribution in [2.75, 3.05) is 0 Å². The average Bonchev–Trinajstić information content (AvgIpc) is 2.65. The number of ether oxygens (including phenoxy) is 2. The Labute approximate surface area is 193 Å². The second-order valence-electron chi connectivity index (χ2n) is 10.7. The second kappa shape index (κ2) is 12.5. The molecule has 8 nitrogen and oxygen atoms in total. The van der Waals surface area contributed by atoms with Crippen LogP contribution in [-0.4, -0.2) is 35.5 Å². The SMILES string of the molecule is CC(C)(C)OC(=O)N[C@@H]1CCC[C@@H](C#N)C1.CC(C)(C)OC(=O)N[C@H]1CCC[C@H](C#N)C1. The summed E-state index contributed by atoms with van der Waals surface area (Å²) in [6.45, 7) is 11.0. The van der Waals surface area contributed by atoms with Crippen molar-refractivity contribution in [3.8, 4) is 12.1 Å². The molecule has 2 rings (SSSR count). The molecule has 0 bridgehead atoms. The maximum absolute atomic E-state index is 11.5. The Kier molecular flexibility index (Phi) is 10.8. The van der Waals surface area contributed by atoms with Gasteiger partial charge in [0.05, 0.1) is 12.1 Å². The van der Waals surface area contributed by atoms with Crippen LogP contribution in [0.15, 0.2) is 0 Å². The number of nitrogens with zero attached hydrogens (tertiary/aromatic N) is 2. The summed E-state index contributed by atoms with van der Waals surface area (Å²) >= 11 is 0. The molecule has 2 fully saturated rings. The van der Waals surface area contributed by atoms with E-state index in [-0.39, 0.29) is 36.1 Å². The number of alkyl carbamates (subject to hydrolysis) is 2. The molecule has 2 saturated carbocycles. The first-order valence-corrected chi connectivity index (χ1v) is 11.6. The first kappa shape index (κ1) is 27.6. The fourth-order valence-corrected chi connectivity index (χ4v) is 3.82. The molecule has 0 unspecified atom stereocenters. The van der Waals surface area contributed by atoms with Crippen molar-refractivity contribution in [3.63, 3.8) is 0 Å². The second-order valence-corrected chi connectivity index (χ2v) is 10.7. The van der Waals surface area contributed by atoms with Gasteiger partial charge in [0.25, 0.3) is 0 Å². The highest BCUT2D eigenvalue weighted by atomic mass is 16.6. The maximum atomic E-state index is 11.5. The maximum Gasteiger partial charge on any atom is 0.407 e. The van der Waals surface area contributed by atoms with E-state index in [2.05, 4.69) is 22.8 Å². The number of hydrogen-bond acceptors (Lipinski definition) is 6. The number of nitriles is 2. The highest BCUT2D eigenvalue weighted by Gasteiger charge is 2.26. The Morgan fingerprint density at radius 3 is 1.34 bits per heavy atom. The van der Waals surface area contributed by atoms with Crippen LogP contribution < -0.4 is 10.6 Å². The van der Waals surface area contributed by atoms with E-state index in [1.165, 1.54) is 0 Å². The van der Waals surface area contributed by atoms with Gasteiger partial charge in [-0.2, -0.15) is 10.5 Å². The summed E-state index contributed by atoms with van der Waals surface area (Å²) in [4.78, 5) is 23.0. The summed E-state index contributed by atoms with van der Waals surface area (Å²) in [7, 11) is 0. The van der Waals surface area contributed by atoms with E-state index in [9.17, 15) is 9.59 Å². The molecule has 0 aromatic heterocycles. The van der Waals surface area contributed by atoms with Crippen molar-refractivity contribution >= 4 is 12.2 Å². The van der Waals surface area contributed by atoms with Crippen molar-refractivity contribution in [1.29, 1.82) is 10.5 Å². The van der Waals surface area contributed by atoms with Crippen LogP contribution in [0, 0.1) is 34.5 Å². The molecule has 0 radical (unpaired) electrons. The van der Waals surface area contributed by atoms with Gasteiger partial charge in [0.2, 0.25) is 0 Å². The molecule has 2 aliphatic rings. The molecule has 0 heterocycles. The zero-order valence-electron chi connectivity index (χ0n) is 20.5. The van der Waals surface area contributed by atoms with E-state index < -0.39 is 11.2 Å². The van der Waals surface area contributed by atoms with E-state index >= 15 is 0 Å². The zero-order chi connectivity index (χ0) is 24.4. The number of nitrogens with one attached hydrogen (secondary N) is 2. The summed E-state index contributed by atoms with van der Waals surface area (Å²) in [5.74, 6) is 0.155. The van der Waals surface area contributed by atoms with E-state index in [0.29, 0.717) is 0 Å². The van der Waals surface area contributed by atoms with E-state index in [1.54, 1.807) is 0 Å². The highest BCUT2D eigenvalue weighted by molar-refractivity contribution is 5.68. The third-order valence-electron chi connectivity index (χ3n) is 5.16. The minimum atomic E-state index is -0.465. The van der Waals surface area contributed by atoms with Crippen LogP contribution in [0.1, 0.15) is 92.9 Å². The summed E-state index contributed by atoms with van der Waals surface area (Å²) in [6.07, 6.45) is 6.51. The van der Waals surface area contributed by atoms with Gasteiger partial charge in [-0.3, -0.25) is 0 Å². The van der Waals surface area contributed by atoms with Crippen LogP contribution >= 0.6 is 0 Å². The van der Waals surface area contributed by atoms with Gasteiger partial charge in [-0.25, -0.2) is 9.59 Å². The molecule has 0 aromatic carbocycles. The molecule has 2 amide bonds. The Morgan fingerprint density at radius 2 is 1.06 bits per heavy atom. The van der Waals surface area contributed by atoms with Crippen molar-refractivity contribution < 1.29 is 19.1 Å². The third-order valence-corrected chi connectivity index (χ3v) is 5.16. The number of carbonyl (C=O) groups excluding carboxylic acids is 2. The van der Waals surface area contributed by atoms with Crippen molar-refractivity contribution in [1.82, 2.24) is 10.6 Å². The van der Waals surface area contributed by atoms with Crippen LogP contribution in [0.3, 0.4) is 0 Å². The number of carbonyl (C=O) groups is 2. The molecule has 2 aliphatic carbocycles. The number of amides is 2. The van der Waals surface area contributed by atoms with Crippen molar-refractivity contribution in [3.05, 3.63) is 0 Å². The lowest BCUT2D eigenvalue weighted by atomic mass is 9.87.